The summed E-state index contributed by atoms with van der Waals surface area (Å²) in [5.74, 6) is -0.833. The van der Waals surface area contributed by atoms with Crippen LogP contribution in [0.4, 0.5) is 0 Å². The summed E-state index contributed by atoms with van der Waals surface area (Å²) in [7, 11) is -4.65. The van der Waals surface area contributed by atoms with Crippen LogP contribution in [0.25, 0.3) is 0 Å². The highest BCUT2D eigenvalue weighted by molar-refractivity contribution is 7.46. The van der Waals surface area contributed by atoms with Gasteiger partial charge < -0.3 is 15.3 Å². The second-order valence-electron chi connectivity index (χ2n) is 1.91. The van der Waals surface area contributed by atoms with Gasteiger partial charge in [0.15, 0.2) is 6.10 Å². The molecule has 1 aliphatic rings. The lowest BCUT2D eigenvalue weighted by molar-refractivity contribution is -0.124. The minimum Gasteiger partial charge on any atom is -0.412 e. The smallest absolute Gasteiger partial charge is 0.412 e. The third-order valence-electron chi connectivity index (χ3n) is 0.978. The quantitative estimate of drug-likeness (QED) is 0.570. The molecule has 8 nitrogen and oxygen atoms in total. The van der Waals surface area contributed by atoms with Crippen molar-refractivity contribution < 1.29 is 29.1 Å². The lowest BCUT2D eigenvalue weighted by Gasteiger charge is -2.11. The molecule has 0 aliphatic carbocycles. The van der Waals surface area contributed by atoms with E-state index in [1.807, 2.05) is 0 Å². The van der Waals surface area contributed by atoms with E-state index in [0.29, 0.717) is 0 Å². The second kappa shape index (κ2) is 4.35. The van der Waals surface area contributed by atoms with Crippen LogP contribution in [0.15, 0.2) is 22.5 Å². The molecule has 0 aromatic rings. The zero-order valence-corrected chi connectivity index (χ0v) is 7.09. The normalized spacial score (nSPS) is 21.4. The Morgan fingerprint density at radius 1 is 1.54 bits per heavy atom. The van der Waals surface area contributed by atoms with E-state index in [1.54, 1.807) is 0 Å². The van der Waals surface area contributed by atoms with E-state index in [-0.39, 0.29) is 5.48 Å². The molecule has 1 atom stereocenters. The third-order valence-corrected chi connectivity index (χ3v) is 1.48. The second-order valence-corrected chi connectivity index (χ2v) is 3.10. The predicted octanol–water partition coefficient (Wildman–Crippen LogP) is -0.854. The highest BCUT2D eigenvalue weighted by Gasteiger charge is 2.27. The van der Waals surface area contributed by atoms with Crippen molar-refractivity contribution in [3.05, 3.63) is 12.3 Å². The molecular weight excluding hydrogens is 203 g/mol. The number of carbonyl (C=O) groups is 1. The first-order chi connectivity index (χ1) is 5.49. The largest absolute Gasteiger partial charge is 0.470 e. The highest BCUT2D eigenvalue weighted by atomic mass is 31.2. The Bertz CT molecular complexity index is 293. The minimum absolute atomic E-state index is 0. The van der Waals surface area contributed by atoms with E-state index in [1.165, 1.54) is 0 Å². The monoisotopic (exact) mass is 210 g/mol. The van der Waals surface area contributed by atoms with E-state index < -0.39 is 19.8 Å². The zero-order chi connectivity index (χ0) is 9.19. The molecule has 0 aromatic heterocycles. The van der Waals surface area contributed by atoms with Gasteiger partial charge in [-0.25, -0.2) is 4.57 Å². The van der Waals surface area contributed by atoms with Gasteiger partial charge in [0, 0.05) is 6.20 Å². The number of carbonyl (C=O) groups excluding carboxylic acids is 1. The van der Waals surface area contributed by atoms with Crippen molar-refractivity contribution in [3.63, 3.8) is 0 Å². The first kappa shape index (κ1) is 12.1. The van der Waals surface area contributed by atoms with Gasteiger partial charge in [0.25, 0.3) is 5.91 Å². The number of hydrogen-bond donors (Lipinski definition) is 2. The van der Waals surface area contributed by atoms with Crippen LogP contribution in [0, 0.1) is 0 Å². The van der Waals surface area contributed by atoms with Crippen LogP contribution in [0.5, 0.6) is 0 Å². The molecule has 0 radical (unpaired) electrons. The lowest BCUT2D eigenvalue weighted by atomic mass is 10.3. The fourth-order valence-corrected chi connectivity index (χ4v) is 1.03. The Balaban J connectivity index is 0.00000144. The molecule has 0 fully saturated rings. The van der Waals surface area contributed by atoms with E-state index in [0.717, 1.165) is 12.3 Å². The maximum absolute atomic E-state index is 10.7. The number of phosphoric ester groups is 1. The summed E-state index contributed by atoms with van der Waals surface area (Å²) < 4.78 is 14.3. The molecule has 1 rings (SSSR count). The van der Waals surface area contributed by atoms with E-state index in [4.69, 9.17) is 9.79 Å². The number of hydrogen-bond acceptors (Lipinski definition) is 4. The standard InChI is InChI=1S/C4H5N2O5P.H2O/c7-4-3(1-2-5-6-4)11-12(8,9)10;/h1-3H,(H2,8,9,10);1H2. The van der Waals surface area contributed by atoms with Gasteiger partial charge in [-0.2, -0.15) is 5.11 Å². The molecule has 74 valence electrons. The van der Waals surface area contributed by atoms with Gasteiger partial charge in [-0.05, 0) is 6.08 Å². The Labute approximate surface area is 72.5 Å². The lowest BCUT2D eigenvalue weighted by Crippen LogP contribution is -2.20. The van der Waals surface area contributed by atoms with Crippen molar-refractivity contribution in [2.45, 2.75) is 6.10 Å². The molecule has 0 aromatic carbocycles. The molecule has 1 amide bonds. The van der Waals surface area contributed by atoms with Crippen molar-refractivity contribution >= 4 is 13.7 Å². The molecular formula is C4H7N2O6P. The van der Waals surface area contributed by atoms with Gasteiger partial charge >= 0.3 is 7.82 Å². The zero-order valence-electron chi connectivity index (χ0n) is 6.19. The van der Waals surface area contributed by atoms with Crippen LogP contribution in [-0.4, -0.2) is 27.3 Å². The van der Waals surface area contributed by atoms with Crippen LogP contribution in [0.2, 0.25) is 0 Å². The predicted molar refractivity (Wildman–Crippen MR) is 39.5 cm³/mol. The molecule has 1 aliphatic heterocycles. The Morgan fingerprint density at radius 2 is 2.15 bits per heavy atom. The van der Waals surface area contributed by atoms with Gasteiger partial charge in [-0.3, -0.25) is 9.32 Å². The van der Waals surface area contributed by atoms with Gasteiger partial charge in [0.2, 0.25) is 0 Å². The van der Waals surface area contributed by atoms with Crippen molar-refractivity contribution in [2.24, 2.45) is 10.2 Å². The van der Waals surface area contributed by atoms with Crippen LogP contribution in [0.3, 0.4) is 0 Å². The summed E-state index contributed by atoms with van der Waals surface area (Å²) in [5, 5.41) is 6.23. The fourth-order valence-electron chi connectivity index (χ4n) is 0.574. The van der Waals surface area contributed by atoms with Crippen LogP contribution in [-0.2, 0) is 13.9 Å². The van der Waals surface area contributed by atoms with Crippen LogP contribution < -0.4 is 0 Å². The van der Waals surface area contributed by atoms with Crippen LogP contribution >= 0.6 is 7.82 Å². The average Bonchev–Trinajstić information content (AvgIpc) is 1.91. The summed E-state index contributed by atoms with van der Waals surface area (Å²) in [6.07, 6.45) is 0.902. The number of phosphoric acid groups is 1. The van der Waals surface area contributed by atoms with Crippen molar-refractivity contribution in [1.82, 2.24) is 0 Å². The number of rotatable bonds is 2. The molecule has 1 heterocycles. The van der Waals surface area contributed by atoms with E-state index >= 15 is 0 Å². The summed E-state index contributed by atoms with van der Waals surface area (Å²) in [6, 6.07) is 0. The first-order valence-electron chi connectivity index (χ1n) is 2.84. The Morgan fingerprint density at radius 3 is 2.62 bits per heavy atom. The molecule has 0 saturated carbocycles. The maximum Gasteiger partial charge on any atom is 0.470 e. The summed E-state index contributed by atoms with van der Waals surface area (Å²) in [4.78, 5) is 27.3. The van der Waals surface area contributed by atoms with Crippen molar-refractivity contribution in [1.29, 1.82) is 0 Å². The molecule has 1 unspecified atom stereocenters. The average molecular weight is 210 g/mol. The number of amides is 1. The molecule has 0 bridgehead atoms. The summed E-state index contributed by atoms with van der Waals surface area (Å²) in [6.45, 7) is 0. The Hall–Kier alpha value is -0.920. The molecule has 13 heavy (non-hydrogen) atoms. The third kappa shape index (κ3) is 4.02. The number of azo groups is 1. The SMILES string of the molecule is O.O=C1N=NC=CC1OP(=O)(O)O. The summed E-state index contributed by atoms with van der Waals surface area (Å²) in [5.41, 5.74) is 0. The Kier molecular flexibility index (Phi) is 4.05. The molecule has 9 heteroatoms. The van der Waals surface area contributed by atoms with Gasteiger partial charge in [0.05, 0.1) is 0 Å². The van der Waals surface area contributed by atoms with Gasteiger partial charge in [-0.15, -0.1) is 5.11 Å². The highest BCUT2D eigenvalue weighted by Crippen LogP contribution is 2.38. The summed E-state index contributed by atoms with van der Waals surface area (Å²) >= 11 is 0. The first-order valence-corrected chi connectivity index (χ1v) is 4.37. The molecule has 0 spiro atoms. The van der Waals surface area contributed by atoms with Gasteiger partial charge in [-0.1, -0.05) is 0 Å². The molecule has 4 N–H and O–H groups in total. The van der Waals surface area contributed by atoms with E-state index in [2.05, 4.69) is 14.8 Å². The van der Waals surface area contributed by atoms with Crippen molar-refractivity contribution in [2.75, 3.05) is 0 Å². The van der Waals surface area contributed by atoms with Crippen molar-refractivity contribution in [3.8, 4) is 0 Å². The molecule has 0 saturated heterocycles. The van der Waals surface area contributed by atoms with Gasteiger partial charge in [0.1, 0.15) is 0 Å². The number of nitrogens with zero attached hydrogens (tertiary/aromatic N) is 2. The van der Waals surface area contributed by atoms with Crippen LogP contribution in [0.1, 0.15) is 0 Å². The van der Waals surface area contributed by atoms with E-state index in [9.17, 15) is 9.36 Å². The maximum atomic E-state index is 10.7. The topological polar surface area (TPSA) is 140 Å². The minimum atomic E-state index is -4.65. The fraction of sp³-hybridized carbons (Fsp3) is 0.250.